The van der Waals surface area contributed by atoms with Crippen molar-refractivity contribution in [1.29, 1.82) is 0 Å². The molecule has 0 bridgehead atoms. The minimum absolute atomic E-state index is 0.433. The van der Waals surface area contributed by atoms with E-state index in [1.165, 1.54) is 5.69 Å². The van der Waals surface area contributed by atoms with E-state index in [9.17, 15) is 0 Å². The summed E-state index contributed by atoms with van der Waals surface area (Å²) in [6, 6.07) is 9.95. The second-order valence-corrected chi connectivity index (χ2v) is 8.02. The third kappa shape index (κ3) is 3.72. The lowest BCUT2D eigenvalue weighted by atomic mass is 10.1. The molecule has 0 amide bonds. The van der Waals surface area contributed by atoms with Crippen LogP contribution in [0.5, 0.6) is 5.75 Å². The molecular formula is C23H24ClN7O. The van der Waals surface area contributed by atoms with E-state index >= 15 is 0 Å². The lowest BCUT2D eigenvalue weighted by Gasteiger charge is -2.31. The lowest BCUT2D eigenvalue weighted by Crippen LogP contribution is -2.43. The van der Waals surface area contributed by atoms with Crippen molar-refractivity contribution in [2.75, 3.05) is 43.5 Å². The summed E-state index contributed by atoms with van der Waals surface area (Å²) >= 11 is 6.45. The minimum atomic E-state index is 0.433. The van der Waals surface area contributed by atoms with Gasteiger partial charge < -0.3 is 20.3 Å². The van der Waals surface area contributed by atoms with Crippen LogP contribution in [0, 0.1) is 6.92 Å². The quantitative estimate of drug-likeness (QED) is 0.478. The molecule has 32 heavy (non-hydrogen) atoms. The SMILES string of the molecule is COc1c(Nc2ncc(Cl)c(-c3cnc4ccccn34)n2)ccc(N2CCNCC2)c1C. The molecule has 9 heteroatoms. The lowest BCUT2D eigenvalue weighted by molar-refractivity contribution is 0.413. The molecule has 0 atom stereocenters. The first-order chi connectivity index (χ1) is 15.7. The first-order valence-corrected chi connectivity index (χ1v) is 10.9. The average molecular weight is 450 g/mol. The van der Waals surface area contributed by atoms with Crippen molar-refractivity contribution >= 4 is 34.6 Å². The second-order valence-electron chi connectivity index (χ2n) is 7.61. The highest BCUT2D eigenvalue weighted by molar-refractivity contribution is 6.32. The number of piperazine rings is 1. The number of nitrogens with one attached hydrogen (secondary N) is 2. The molecule has 0 aliphatic carbocycles. The molecule has 1 aromatic carbocycles. The van der Waals surface area contributed by atoms with Gasteiger partial charge in [0, 0.05) is 43.6 Å². The van der Waals surface area contributed by atoms with Crippen molar-refractivity contribution < 1.29 is 4.74 Å². The van der Waals surface area contributed by atoms with Gasteiger partial charge in [0.25, 0.3) is 0 Å². The van der Waals surface area contributed by atoms with Gasteiger partial charge in [-0.2, -0.15) is 0 Å². The smallest absolute Gasteiger partial charge is 0.227 e. The van der Waals surface area contributed by atoms with E-state index < -0.39 is 0 Å². The van der Waals surface area contributed by atoms with Gasteiger partial charge in [0.2, 0.25) is 5.95 Å². The Morgan fingerprint density at radius 2 is 1.94 bits per heavy atom. The van der Waals surface area contributed by atoms with Gasteiger partial charge in [-0.1, -0.05) is 17.7 Å². The van der Waals surface area contributed by atoms with Crippen molar-refractivity contribution in [2.45, 2.75) is 6.92 Å². The van der Waals surface area contributed by atoms with Gasteiger partial charge in [-0.25, -0.2) is 15.0 Å². The number of ether oxygens (including phenoxy) is 1. The Morgan fingerprint density at radius 1 is 1.09 bits per heavy atom. The zero-order valence-corrected chi connectivity index (χ0v) is 18.7. The highest BCUT2D eigenvalue weighted by Gasteiger charge is 2.19. The summed E-state index contributed by atoms with van der Waals surface area (Å²) in [4.78, 5) is 15.9. The summed E-state index contributed by atoms with van der Waals surface area (Å²) in [6.45, 7) is 5.98. The zero-order valence-electron chi connectivity index (χ0n) is 18.0. The van der Waals surface area contributed by atoms with E-state index in [-0.39, 0.29) is 0 Å². The van der Waals surface area contributed by atoms with E-state index in [0.29, 0.717) is 16.7 Å². The second kappa shape index (κ2) is 8.64. The van der Waals surface area contributed by atoms with Gasteiger partial charge in [-0.05, 0) is 31.2 Å². The maximum absolute atomic E-state index is 6.45. The first kappa shape index (κ1) is 20.5. The molecule has 5 rings (SSSR count). The molecule has 2 N–H and O–H groups in total. The molecule has 164 valence electrons. The van der Waals surface area contributed by atoms with Gasteiger partial charge in [0.1, 0.15) is 17.1 Å². The Morgan fingerprint density at radius 3 is 2.75 bits per heavy atom. The van der Waals surface area contributed by atoms with Gasteiger partial charge in [-0.15, -0.1) is 0 Å². The fourth-order valence-electron chi connectivity index (χ4n) is 4.13. The van der Waals surface area contributed by atoms with E-state index in [0.717, 1.165) is 54.5 Å². The largest absolute Gasteiger partial charge is 0.494 e. The molecule has 1 fully saturated rings. The summed E-state index contributed by atoms with van der Waals surface area (Å²) in [5.74, 6) is 1.21. The Hall–Kier alpha value is -3.36. The number of imidazole rings is 1. The van der Waals surface area contributed by atoms with Gasteiger partial charge in [0.05, 0.1) is 35.9 Å². The van der Waals surface area contributed by atoms with Crippen molar-refractivity contribution in [3.05, 3.63) is 59.5 Å². The van der Waals surface area contributed by atoms with Crippen molar-refractivity contribution in [3.63, 3.8) is 0 Å². The minimum Gasteiger partial charge on any atom is -0.494 e. The highest BCUT2D eigenvalue weighted by Crippen LogP contribution is 2.37. The Kier molecular flexibility index (Phi) is 5.55. The zero-order chi connectivity index (χ0) is 22.1. The number of anilines is 3. The van der Waals surface area contributed by atoms with E-state index in [1.807, 2.05) is 34.9 Å². The predicted molar refractivity (Wildman–Crippen MR) is 127 cm³/mol. The molecule has 0 spiro atoms. The van der Waals surface area contributed by atoms with Crippen LogP contribution in [0.2, 0.25) is 5.02 Å². The van der Waals surface area contributed by atoms with Crippen LogP contribution in [0.3, 0.4) is 0 Å². The van der Waals surface area contributed by atoms with Crippen LogP contribution in [0.1, 0.15) is 5.56 Å². The van der Waals surface area contributed by atoms with Crippen LogP contribution in [-0.2, 0) is 0 Å². The van der Waals surface area contributed by atoms with Crippen molar-refractivity contribution in [3.8, 4) is 17.1 Å². The molecule has 0 unspecified atom stereocenters. The summed E-state index contributed by atoms with van der Waals surface area (Å²) in [5, 5.41) is 7.15. The number of pyridine rings is 1. The molecule has 4 aromatic rings. The molecule has 0 saturated carbocycles. The molecule has 3 aromatic heterocycles. The normalized spacial score (nSPS) is 14.0. The Balaban J connectivity index is 1.49. The standard InChI is InChI=1S/C23H24ClN7O/c1-15-18(30-11-8-25-9-12-30)7-6-17(22(15)32-2)28-23-27-13-16(24)21(29-23)19-14-26-20-5-3-4-10-31(19)20/h3-7,10,13-14,25H,8-9,11-12H2,1-2H3,(H,27,28,29). The van der Waals surface area contributed by atoms with Gasteiger partial charge >= 0.3 is 0 Å². The molecular weight excluding hydrogens is 426 g/mol. The third-order valence-electron chi connectivity index (χ3n) is 5.69. The number of aromatic nitrogens is 4. The topological polar surface area (TPSA) is 79.6 Å². The third-order valence-corrected chi connectivity index (χ3v) is 5.97. The molecule has 1 aliphatic rings. The highest BCUT2D eigenvalue weighted by atomic mass is 35.5. The van der Waals surface area contributed by atoms with Crippen LogP contribution in [0.15, 0.2) is 48.9 Å². The van der Waals surface area contributed by atoms with Gasteiger partial charge in [-0.3, -0.25) is 4.40 Å². The van der Waals surface area contributed by atoms with Crippen molar-refractivity contribution in [2.24, 2.45) is 0 Å². The molecule has 1 aliphatic heterocycles. The molecule has 8 nitrogen and oxygen atoms in total. The number of hydrogen-bond donors (Lipinski definition) is 2. The number of nitrogens with zero attached hydrogens (tertiary/aromatic N) is 5. The summed E-state index contributed by atoms with van der Waals surface area (Å²) in [5.41, 5.74) is 5.29. The van der Waals surface area contributed by atoms with E-state index in [1.54, 1.807) is 19.5 Å². The van der Waals surface area contributed by atoms with Crippen LogP contribution in [-0.4, -0.2) is 52.6 Å². The molecule has 1 saturated heterocycles. The number of fused-ring (bicyclic) bond motifs is 1. The maximum atomic E-state index is 6.45. The van der Waals surface area contributed by atoms with Crippen molar-refractivity contribution in [1.82, 2.24) is 24.7 Å². The summed E-state index contributed by atoms with van der Waals surface area (Å²) < 4.78 is 7.71. The monoisotopic (exact) mass is 449 g/mol. The number of benzene rings is 1. The number of halogens is 1. The predicted octanol–water partition coefficient (Wildman–Crippen LogP) is 3.91. The fraction of sp³-hybridized carbons (Fsp3) is 0.261. The van der Waals surface area contributed by atoms with E-state index in [4.69, 9.17) is 16.3 Å². The van der Waals surface area contributed by atoms with Crippen LogP contribution >= 0.6 is 11.6 Å². The van der Waals surface area contributed by atoms with Crippen LogP contribution in [0.25, 0.3) is 17.0 Å². The van der Waals surface area contributed by atoms with Crippen LogP contribution in [0.4, 0.5) is 17.3 Å². The first-order valence-electron chi connectivity index (χ1n) is 10.5. The number of hydrogen-bond acceptors (Lipinski definition) is 7. The molecule has 4 heterocycles. The molecule has 0 radical (unpaired) electrons. The van der Waals surface area contributed by atoms with Crippen LogP contribution < -0.4 is 20.3 Å². The Labute approximate surface area is 191 Å². The Bertz CT molecular complexity index is 1270. The summed E-state index contributed by atoms with van der Waals surface area (Å²) in [7, 11) is 1.68. The average Bonchev–Trinajstić information content (AvgIpc) is 3.25. The van der Waals surface area contributed by atoms with E-state index in [2.05, 4.69) is 43.5 Å². The summed E-state index contributed by atoms with van der Waals surface area (Å²) in [6.07, 6.45) is 5.30. The number of methoxy groups -OCH3 is 1. The van der Waals surface area contributed by atoms with Gasteiger partial charge in [0.15, 0.2) is 0 Å². The maximum Gasteiger partial charge on any atom is 0.227 e. The fourth-order valence-corrected chi connectivity index (χ4v) is 4.31. The number of rotatable bonds is 5.